The fraction of sp³-hybridized carbons (Fsp3) is 0.300. The first-order valence-corrected chi connectivity index (χ1v) is 8.28. The minimum atomic E-state index is -0.275. The van der Waals surface area contributed by atoms with Crippen molar-refractivity contribution in [2.75, 3.05) is 6.54 Å². The predicted octanol–water partition coefficient (Wildman–Crippen LogP) is 4.15. The molecule has 1 unspecified atom stereocenters. The van der Waals surface area contributed by atoms with E-state index < -0.39 is 0 Å². The van der Waals surface area contributed by atoms with Crippen molar-refractivity contribution in [2.45, 2.75) is 31.7 Å². The van der Waals surface area contributed by atoms with Crippen LogP contribution >= 0.6 is 0 Å². The monoisotopic (exact) mass is 325 g/mol. The number of hydrogen-bond acceptors (Lipinski definition) is 2. The maximum Gasteiger partial charge on any atom is 0.223 e. The lowest BCUT2D eigenvalue weighted by Gasteiger charge is -2.25. The van der Waals surface area contributed by atoms with Crippen LogP contribution in [0.1, 0.15) is 47.6 Å². The van der Waals surface area contributed by atoms with Gasteiger partial charge in [-0.25, -0.2) is 4.39 Å². The highest BCUT2D eigenvalue weighted by Crippen LogP contribution is 2.32. The molecule has 3 nitrogen and oxygen atoms in total. The van der Waals surface area contributed by atoms with Crippen LogP contribution in [0.3, 0.4) is 0 Å². The molecule has 0 saturated carbocycles. The molecule has 24 heavy (non-hydrogen) atoms. The number of benzene rings is 2. The lowest BCUT2D eigenvalue weighted by atomic mass is 10.0. The molecule has 0 aliphatic carbocycles. The second-order valence-electron chi connectivity index (χ2n) is 6.09. The van der Waals surface area contributed by atoms with Crippen molar-refractivity contribution in [3.63, 3.8) is 0 Å². The van der Waals surface area contributed by atoms with Crippen LogP contribution in [-0.2, 0) is 4.79 Å². The Labute approximate surface area is 141 Å². The van der Waals surface area contributed by atoms with Crippen molar-refractivity contribution in [1.82, 2.24) is 4.90 Å². The molecular formula is C20H20FNO2. The first-order valence-electron chi connectivity index (χ1n) is 8.28. The van der Waals surface area contributed by atoms with E-state index in [2.05, 4.69) is 0 Å². The first-order chi connectivity index (χ1) is 11.6. The minimum Gasteiger partial charge on any atom is -0.336 e. The zero-order valence-corrected chi connectivity index (χ0v) is 13.5. The fourth-order valence-corrected chi connectivity index (χ4v) is 3.23. The number of halogens is 1. The van der Waals surface area contributed by atoms with Gasteiger partial charge in [0.1, 0.15) is 5.82 Å². The molecule has 1 aliphatic rings. The van der Waals surface area contributed by atoms with Crippen LogP contribution in [0.15, 0.2) is 54.6 Å². The summed E-state index contributed by atoms with van der Waals surface area (Å²) in [5.74, 6) is -0.296. The van der Waals surface area contributed by atoms with Gasteiger partial charge in [0.2, 0.25) is 5.91 Å². The van der Waals surface area contributed by atoms with Crippen LogP contribution < -0.4 is 0 Å². The van der Waals surface area contributed by atoms with Crippen molar-refractivity contribution in [2.24, 2.45) is 0 Å². The van der Waals surface area contributed by atoms with Gasteiger partial charge in [0, 0.05) is 24.9 Å². The number of amides is 1. The molecule has 2 aromatic rings. The summed E-state index contributed by atoms with van der Waals surface area (Å²) in [5, 5.41) is 0. The van der Waals surface area contributed by atoms with Gasteiger partial charge in [-0.15, -0.1) is 0 Å². The van der Waals surface area contributed by atoms with E-state index in [1.165, 1.54) is 12.1 Å². The second-order valence-corrected chi connectivity index (χ2v) is 6.09. The van der Waals surface area contributed by atoms with Crippen LogP contribution in [0.2, 0.25) is 0 Å². The lowest BCUT2D eigenvalue weighted by Crippen LogP contribution is -2.30. The smallest absolute Gasteiger partial charge is 0.223 e. The highest BCUT2D eigenvalue weighted by molar-refractivity contribution is 5.97. The molecule has 0 spiro atoms. The molecule has 0 bridgehead atoms. The molecule has 3 rings (SSSR count). The summed E-state index contributed by atoms with van der Waals surface area (Å²) >= 11 is 0. The van der Waals surface area contributed by atoms with E-state index in [0.717, 1.165) is 18.4 Å². The molecular weight excluding hydrogens is 305 g/mol. The maximum absolute atomic E-state index is 13.1. The molecule has 1 heterocycles. The largest absolute Gasteiger partial charge is 0.336 e. The van der Waals surface area contributed by atoms with E-state index in [1.54, 1.807) is 24.3 Å². The highest BCUT2D eigenvalue weighted by atomic mass is 19.1. The third-order valence-electron chi connectivity index (χ3n) is 4.49. The van der Waals surface area contributed by atoms with Gasteiger partial charge in [0.15, 0.2) is 5.78 Å². The molecule has 1 saturated heterocycles. The van der Waals surface area contributed by atoms with E-state index in [0.29, 0.717) is 12.1 Å². The SMILES string of the molecule is O=C(CCC(=O)N1CCCC1c1ccc(F)cc1)c1ccccc1. The van der Waals surface area contributed by atoms with Gasteiger partial charge < -0.3 is 4.90 Å². The molecule has 1 aliphatic heterocycles. The number of ketones is 1. The fourth-order valence-electron chi connectivity index (χ4n) is 3.23. The molecule has 0 N–H and O–H groups in total. The Hall–Kier alpha value is -2.49. The van der Waals surface area contributed by atoms with E-state index in [1.807, 2.05) is 23.1 Å². The Balaban J connectivity index is 1.61. The number of likely N-dealkylation sites (tertiary alicyclic amines) is 1. The van der Waals surface area contributed by atoms with Crippen molar-refractivity contribution >= 4 is 11.7 Å². The number of hydrogen-bond donors (Lipinski definition) is 0. The normalized spacial score (nSPS) is 17.0. The van der Waals surface area contributed by atoms with Crippen molar-refractivity contribution in [3.05, 3.63) is 71.5 Å². The van der Waals surface area contributed by atoms with E-state index >= 15 is 0 Å². The molecule has 2 aromatic carbocycles. The zero-order chi connectivity index (χ0) is 16.9. The van der Waals surface area contributed by atoms with E-state index in [-0.39, 0.29) is 36.4 Å². The van der Waals surface area contributed by atoms with Crippen molar-refractivity contribution < 1.29 is 14.0 Å². The number of nitrogens with zero attached hydrogens (tertiary/aromatic N) is 1. The summed E-state index contributed by atoms with van der Waals surface area (Å²) in [6, 6.07) is 15.4. The number of carbonyl (C=O) groups excluding carboxylic acids is 2. The Bertz CT molecular complexity index is 712. The number of carbonyl (C=O) groups is 2. The summed E-state index contributed by atoms with van der Waals surface area (Å²) in [7, 11) is 0. The molecule has 4 heteroatoms. The van der Waals surface area contributed by atoms with Gasteiger partial charge in [0.25, 0.3) is 0 Å². The Morgan fingerprint density at radius 3 is 2.42 bits per heavy atom. The molecule has 124 valence electrons. The minimum absolute atomic E-state index is 0.00824. The zero-order valence-electron chi connectivity index (χ0n) is 13.5. The molecule has 1 fully saturated rings. The van der Waals surface area contributed by atoms with Crippen LogP contribution in [0.4, 0.5) is 4.39 Å². The molecule has 0 radical (unpaired) electrons. The van der Waals surface area contributed by atoms with Crippen LogP contribution in [0.5, 0.6) is 0 Å². The van der Waals surface area contributed by atoms with E-state index in [9.17, 15) is 14.0 Å². The van der Waals surface area contributed by atoms with Crippen molar-refractivity contribution in [1.29, 1.82) is 0 Å². The van der Waals surface area contributed by atoms with Crippen LogP contribution in [0, 0.1) is 5.82 Å². The van der Waals surface area contributed by atoms with Gasteiger partial charge in [-0.05, 0) is 30.5 Å². The quantitative estimate of drug-likeness (QED) is 0.774. The average Bonchev–Trinajstić information content (AvgIpc) is 3.10. The van der Waals surface area contributed by atoms with Crippen LogP contribution in [0.25, 0.3) is 0 Å². The Morgan fingerprint density at radius 1 is 1.00 bits per heavy atom. The summed E-state index contributed by atoms with van der Waals surface area (Å²) in [6.07, 6.45) is 2.24. The summed E-state index contributed by atoms with van der Waals surface area (Å²) < 4.78 is 13.1. The third-order valence-corrected chi connectivity index (χ3v) is 4.49. The topological polar surface area (TPSA) is 37.4 Å². The summed E-state index contributed by atoms with van der Waals surface area (Å²) in [4.78, 5) is 26.5. The predicted molar refractivity (Wildman–Crippen MR) is 90.1 cm³/mol. The second kappa shape index (κ2) is 7.39. The van der Waals surface area contributed by atoms with Gasteiger partial charge in [0.05, 0.1) is 6.04 Å². The van der Waals surface area contributed by atoms with Crippen LogP contribution in [-0.4, -0.2) is 23.1 Å². The third kappa shape index (κ3) is 3.70. The molecule has 0 aromatic heterocycles. The molecule has 1 atom stereocenters. The van der Waals surface area contributed by atoms with Gasteiger partial charge in [-0.2, -0.15) is 0 Å². The average molecular weight is 325 g/mol. The summed E-state index contributed by atoms with van der Waals surface area (Å²) in [5.41, 5.74) is 1.60. The number of Topliss-reactive ketones (excluding diaryl/α,β-unsaturated/α-hetero) is 1. The first kappa shape index (κ1) is 16.4. The Morgan fingerprint density at radius 2 is 1.71 bits per heavy atom. The van der Waals surface area contributed by atoms with Crippen molar-refractivity contribution in [3.8, 4) is 0 Å². The van der Waals surface area contributed by atoms with E-state index in [4.69, 9.17) is 0 Å². The molecule has 1 amide bonds. The van der Waals surface area contributed by atoms with Gasteiger partial charge in [-0.3, -0.25) is 9.59 Å². The lowest BCUT2D eigenvalue weighted by molar-refractivity contribution is -0.132. The standard InChI is InChI=1S/C20H20FNO2/c21-17-10-8-15(9-11-17)18-7-4-14-22(18)20(24)13-12-19(23)16-5-2-1-3-6-16/h1-3,5-6,8-11,18H,4,7,12-14H2. The highest BCUT2D eigenvalue weighted by Gasteiger charge is 2.29. The summed E-state index contributed by atoms with van der Waals surface area (Å²) in [6.45, 7) is 0.695. The maximum atomic E-state index is 13.1. The van der Waals surface area contributed by atoms with Gasteiger partial charge in [-0.1, -0.05) is 42.5 Å². The Kier molecular flexibility index (Phi) is 5.04. The van der Waals surface area contributed by atoms with Gasteiger partial charge >= 0.3 is 0 Å². The number of rotatable bonds is 5.